The fourth-order valence-electron chi connectivity index (χ4n) is 3.86. The number of amides is 3. The zero-order valence-electron chi connectivity index (χ0n) is 22.6. The molecule has 0 bridgehead atoms. The van der Waals surface area contributed by atoms with Gasteiger partial charge in [-0.25, -0.2) is 4.79 Å². The summed E-state index contributed by atoms with van der Waals surface area (Å²) in [6, 6.07) is 12.7. The number of aryl methyl sites for hydroxylation is 2. The molecule has 0 radical (unpaired) electrons. The number of alkyl carbamates (subject to hydrolysis) is 1. The van der Waals surface area contributed by atoms with Gasteiger partial charge in [0.2, 0.25) is 11.8 Å². The maximum absolute atomic E-state index is 13.8. The molecular weight excluding hydrogens is 474 g/mol. The van der Waals surface area contributed by atoms with Gasteiger partial charge in [0.05, 0.1) is 7.11 Å². The monoisotopic (exact) mass is 511 g/mol. The van der Waals surface area contributed by atoms with Gasteiger partial charge < -0.3 is 25.0 Å². The minimum atomic E-state index is -1.06. The topological polar surface area (TPSA) is 114 Å². The molecule has 0 saturated carbocycles. The molecule has 2 aromatic carbocycles. The molecule has 0 fully saturated rings. The van der Waals surface area contributed by atoms with Gasteiger partial charge in [0.25, 0.3) is 0 Å². The van der Waals surface area contributed by atoms with Gasteiger partial charge in [-0.2, -0.15) is 0 Å². The van der Waals surface area contributed by atoms with E-state index in [0.29, 0.717) is 5.56 Å². The molecule has 2 aromatic rings. The highest BCUT2D eigenvalue weighted by molar-refractivity contribution is 5.93. The standard InChI is InChI=1S/C28H37N3O6/c1-18-13-14-21(19(2)15-18)24(25(33)29-17-23(32)36-7)31(6)26(34)22(16-20-11-9-8-10-12-20)30-27(35)37-28(3,4)5/h8-15,22,24H,16-17H2,1-7H3,(H,29,33)(H,30,35). The first-order valence-corrected chi connectivity index (χ1v) is 12.0. The number of nitrogens with zero attached hydrogens (tertiary/aromatic N) is 1. The van der Waals surface area contributed by atoms with Crippen LogP contribution >= 0.6 is 0 Å². The first-order chi connectivity index (χ1) is 17.3. The molecule has 0 aliphatic heterocycles. The van der Waals surface area contributed by atoms with E-state index in [9.17, 15) is 19.2 Å². The van der Waals surface area contributed by atoms with Gasteiger partial charge in [-0.15, -0.1) is 0 Å². The van der Waals surface area contributed by atoms with Gasteiger partial charge in [-0.1, -0.05) is 54.1 Å². The first-order valence-electron chi connectivity index (χ1n) is 12.0. The summed E-state index contributed by atoms with van der Waals surface area (Å²) < 4.78 is 10.0. The minimum Gasteiger partial charge on any atom is -0.468 e. The molecule has 2 atom stereocenters. The molecule has 37 heavy (non-hydrogen) atoms. The summed E-state index contributed by atoms with van der Waals surface area (Å²) in [5.74, 6) is -1.66. The second-order valence-electron chi connectivity index (χ2n) is 9.89. The fourth-order valence-corrected chi connectivity index (χ4v) is 3.86. The maximum atomic E-state index is 13.8. The molecule has 9 nitrogen and oxygen atoms in total. The number of carbonyl (C=O) groups is 4. The Morgan fingerprint density at radius 3 is 2.22 bits per heavy atom. The van der Waals surface area contributed by atoms with Crippen molar-refractivity contribution in [1.82, 2.24) is 15.5 Å². The summed E-state index contributed by atoms with van der Waals surface area (Å²) in [6.07, 6.45) is -0.555. The number of hydrogen-bond donors (Lipinski definition) is 2. The molecule has 3 amide bonds. The van der Waals surface area contributed by atoms with Crippen molar-refractivity contribution in [2.24, 2.45) is 0 Å². The van der Waals surface area contributed by atoms with Crippen LogP contribution in [0.25, 0.3) is 0 Å². The number of hydrogen-bond acceptors (Lipinski definition) is 6. The Bertz CT molecular complexity index is 1110. The number of benzene rings is 2. The number of esters is 1. The summed E-state index contributed by atoms with van der Waals surface area (Å²) >= 11 is 0. The lowest BCUT2D eigenvalue weighted by atomic mass is 9.96. The van der Waals surface area contributed by atoms with Crippen LogP contribution in [-0.4, -0.2) is 61.1 Å². The molecule has 2 rings (SSSR count). The first kappa shape index (κ1) is 29.4. The van der Waals surface area contributed by atoms with Crippen molar-refractivity contribution in [3.05, 3.63) is 70.8 Å². The number of carbonyl (C=O) groups excluding carboxylic acids is 4. The molecule has 9 heteroatoms. The van der Waals surface area contributed by atoms with Crippen molar-refractivity contribution in [1.29, 1.82) is 0 Å². The van der Waals surface area contributed by atoms with E-state index in [1.165, 1.54) is 19.1 Å². The van der Waals surface area contributed by atoms with Gasteiger partial charge in [0.1, 0.15) is 24.2 Å². The van der Waals surface area contributed by atoms with E-state index in [-0.39, 0.29) is 13.0 Å². The van der Waals surface area contributed by atoms with Crippen molar-refractivity contribution in [3.8, 4) is 0 Å². The number of likely N-dealkylation sites (N-methyl/N-ethyl adjacent to an activating group) is 1. The highest BCUT2D eigenvalue weighted by atomic mass is 16.6. The van der Waals surface area contributed by atoms with E-state index in [2.05, 4.69) is 15.4 Å². The number of ether oxygens (including phenoxy) is 2. The van der Waals surface area contributed by atoms with Crippen LogP contribution in [0.1, 0.15) is 49.1 Å². The van der Waals surface area contributed by atoms with Gasteiger partial charge in [-0.05, 0) is 51.3 Å². The fraction of sp³-hybridized carbons (Fsp3) is 0.429. The molecule has 2 N–H and O–H groups in total. The lowest BCUT2D eigenvalue weighted by Crippen LogP contribution is -2.52. The highest BCUT2D eigenvalue weighted by Crippen LogP contribution is 2.25. The second kappa shape index (κ2) is 12.9. The van der Waals surface area contributed by atoms with Crippen molar-refractivity contribution < 1.29 is 28.7 Å². The van der Waals surface area contributed by atoms with E-state index in [0.717, 1.165) is 16.7 Å². The molecule has 200 valence electrons. The Morgan fingerprint density at radius 1 is 1.00 bits per heavy atom. The van der Waals surface area contributed by atoms with Crippen LogP contribution in [0.3, 0.4) is 0 Å². The van der Waals surface area contributed by atoms with Crippen LogP contribution in [0.2, 0.25) is 0 Å². The molecule has 0 spiro atoms. The summed E-state index contributed by atoms with van der Waals surface area (Å²) in [5.41, 5.74) is 2.46. The summed E-state index contributed by atoms with van der Waals surface area (Å²) in [7, 11) is 2.72. The largest absolute Gasteiger partial charge is 0.468 e. The Morgan fingerprint density at radius 2 is 1.65 bits per heavy atom. The average Bonchev–Trinajstić information content (AvgIpc) is 2.82. The highest BCUT2D eigenvalue weighted by Gasteiger charge is 2.35. The Labute approximate surface area is 218 Å². The smallest absolute Gasteiger partial charge is 0.408 e. The molecule has 0 aromatic heterocycles. The number of methoxy groups -OCH3 is 1. The van der Waals surface area contributed by atoms with Crippen molar-refractivity contribution in [2.75, 3.05) is 20.7 Å². The summed E-state index contributed by atoms with van der Waals surface area (Å²) in [5, 5.41) is 5.22. The lowest BCUT2D eigenvalue weighted by molar-refractivity contribution is -0.143. The van der Waals surface area contributed by atoms with E-state index in [1.54, 1.807) is 26.8 Å². The molecule has 2 unspecified atom stereocenters. The molecule has 0 aliphatic carbocycles. The normalized spacial score (nSPS) is 12.6. The van der Waals surface area contributed by atoms with Crippen molar-refractivity contribution in [3.63, 3.8) is 0 Å². The van der Waals surface area contributed by atoms with Gasteiger partial charge in [-0.3, -0.25) is 14.4 Å². The third-order valence-electron chi connectivity index (χ3n) is 5.61. The van der Waals surface area contributed by atoms with E-state index < -0.39 is 41.6 Å². The average molecular weight is 512 g/mol. The summed E-state index contributed by atoms with van der Waals surface area (Å²) in [4.78, 5) is 52.7. The SMILES string of the molecule is COC(=O)CNC(=O)C(c1ccc(C)cc1C)N(C)C(=O)C(Cc1ccccc1)NC(=O)OC(C)(C)C. The van der Waals surface area contributed by atoms with Crippen molar-refractivity contribution in [2.45, 2.75) is 58.7 Å². The van der Waals surface area contributed by atoms with Gasteiger partial charge in [0, 0.05) is 13.5 Å². The van der Waals surface area contributed by atoms with Crippen LogP contribution in [0, 0.1) is 13.8 Å². The second-order valence-corrected chi connectivity index (χ2v) is 9.89. The van der Waals surface area contributed by atoms with E-state index in [4.69, 9.17) is 4.74 Å². The third-order valence-corrected chi connectivity index (χ3v) is 5.61. The van der Waals surface area contributed by atoms with Gasteiger partial charge >= 0.3 is 12.1 Å². The predicted molar refractivity (Wildman–Crippen MR) is 140 cm³/mol. The minimum absolute atomic E-state index is 0.187. The maximum Gasteiger partial charge on any atom is 0.408 e. The van der Waals surface area contributed by atoms with Gasteiger partial charge in [0.15, 0.2) is 0 Å². The zero-order chi connectivity index (χ0) is 27.8. The molecule has 0 heterocycles. The van der Waals surface area contributed by atoms with Crippen LogP contribution in [-0.2, 0) is 30.3 Å². The number of nitrogens with one attached hydrogen (secondary N) is 2. The van der Waals surface area contributed by atoms with E-state index >= 15 is 0 Å². The molecular formula is C28H37N3O6. The quantitative estimate of drug-likeness (QED) is 0.500. The van der Waals surface area contributed by atoms with Crippen LogP contribution in [0.5, 0.6) is 0 Å². The van der Waals surface area contributed by atoms with Crippen LogP contribution < -0.4 is 10.6 Å². The lowest BCUT2D eigenvalue weighted by Gasteiger charge is -2.32. The summed E-state index contributed by atoms with van der Waals surface area (Å²) in [6.45, 7) is 8.63. The van der Waals surface area contributed by atoms with Crippen LogP contribution in [0.4, 0.5) is 4.79 Å². The Kier molecular flexibility index (Phi) is 10.2. The molecule has 0 saturated heterocycles. The van der Waals surface area contributed by atoms with E-state index in [1.807, 2.05) is 56.3 Å². The zero-order valence-corrected chi connectivity index (χ0v) is 22.6. The predicted octanol–water partition coefficient (Wildman–Crippen LogP) is 3.23. The third kappa shape index (κ3) is 8.93. The Balaban J connectivity index is 2.43. The number of rotatable bonds is 9. The molecule has 0 aliphatic rings. The van der Waals surface area contributed by atoms with Crippen molar-refractivity contribution >= 4 is 23.9 Å². The Hall–Kier alpha value is -3.88. The van der Waals surface area contributed by atoms with Crippen LogP contribution in [0.15, 0.2) is 48.5 Å².